The Balaban J connectivity index is 1.48. The Labute approximate surface area is 198 Å². The number of nitrogens with zero attached hydrogens (tertiary/aromatic N) is 2. The topological polar surface area (TPSA) is 81.4 Å². The number of pyridine rings is 1. The summed E-state index contributed by atoms with van der Waals surface area (Å²) >= 11 is 0. The van der Waals surface area contributed by atoms with Crippen molar-refractivity contribution >= 4 is 28.9 Å². The summed E-state index contributed by atoms with van der Waals surface area (Å²) in [6.07, 6.45) is 6.78. The molecule has 0 bridgehead atoms. The fourth-order valence-corrected chi connectivity index (χ4v) is 3.62. The van der Waals surface area contributed by atoms with Crippen molar-refractivity contribution in [3.63, 3.8) is 0 Å². The van der Waals surface area contributed by atoms with Gasteiger partial charge in [-0.2, -0.15) is 0 Å². The van der Waals surface area contributed by atoms with E-state index in [1.807, 2.05) is 90.5 Å². The Morgan fingerprint density at radius 2 is 1.82 bits per heavy atom. The highest BCUT2D eigenvalue weighted by Gasteiger charge is 2.17. The monoisotopic (exact) mass is 454 g/mol. The Kier molecular flexibility index (Phi) is 6.99. The summed E-state index contributed by atoms with van der Waals surface area (Å²) in [7, 11) is 0. The molecular weight excluding hydrogens is 428 g/mol. The molecule has 0 saturated heterocycles. The highest BCUT2D eigenvalue weighted by molar-refractivity contribution is 6.16. The summed E-state index contributed by atoms with van der Waals surface area (Å²) in [6.45, 7) is 4.32. The third-order valence-electron chi connectivity index (χ3n) is 5.63. The molecule has 6 nitrogen and oxygen atoms in total. The number of aromatic nitrogens is 2. The largest absolute Gasteiger partial charge is 0.479 e. The molecule has 2 aromatic heterocycles. The van der Waals surface area contributed by atoms with Crippen molar-refractivity contribution in [1.29, 1.82) is 0 Å². The second-order valence-corrected chi connectivity index (χ2v) is 8.20. The average Bonchev–Trinajstić information content (AvgIpc) is 3.22. The van der Waals surface area contributed by atoms with Gasteiger partial charge in [0.1, 0.15) is 5.65 Å². The minimum Gasteiger partial charge on any atom is -0.479 e. The highest BCUT2D eigenvalue weighted by atomic mass is 16.5. The Morgan fingerprint density at radius 3 is 2.53 bits per heavy atom. The second kappa shape index (κ2) is 10.3. The van der Waals surface area contributed by atoms with Crippen LogP contribution in [-0.4, -0.2) is 32.5 Å². The number of rotatable bonds is 9. The summed E-state index contributed by atoms with van der Waals surface area (Å²) in [6, 6.07) is 19.1. The second-order valence-electron chi connectivity index (χ2n) is 8.20. The molecule has 2 aromatic carbocycles. The number of fused-ring (bicyclic) bond motifs is 1. The van der Waals surface area contributed by atoms with Crippen LogP contribution in [0.1, 0.15) is 39.5 Å². The number of carboxylic acid groups (broad SMARTS) is 1. The Hall–Kier alpha value is -4.03. The molecule has 1 N–H and O–H groups in total. The maximum absolute atomic E-state index is 13.1. The van der Waals surface area contributed by atoms with Gasteiger partial charge in [-0.25, -0.2) is 9.78 Å². The van der Waals surface area contributed by atoms with Gasteiger partial charge in [0.25, 0.3) is 0 Å². The van der Waals surface area contributed by atoms with Crippen molar-refractivity contribution in [2.24, 2.45) is 0 Å². The Morgan fingerprint density at radius 1 is 1.09 bits per heavy atom. The Bertz CT molecular complexity index is 1340. The van der Waals surface area contributed by atoms with Crippen molar-refractivity contribution in [1.82, 2.24) is 9.55 Å². The fourth-order valence-electron chi connectivity index (χ4n) is 3.62. The third-order valence-corrected chi connectivity index (χ3v) is 5.63. The van der Waals surface area contributed by atoms with Crippen molar-refractivity contribution in [2.75, 3.05) is 0 Å². The molecule has 0 unspecified atom stereocenters. The number of hydrogen-bond donors (Lipinski definition) is 1. The van der Waals surface area contributed by atoms with Gasteiger partial charge in [0.15, 0.2) is 11.9 Å². The minimum absolute atomic E-state index is 0.0178. The molecule has 1 atom stereocenters. The van der Waals surface area contributed by atoms with Crippen molar-refractivity contribution in [3.8, 4) is 0 Å². The third kappa shape index (κ3) is 5.30. The lowest BCUT2D eigenvalue weighted by atomic mass is 10.0. The van der Waals surface area contributed by atoms with E-state index in [4.69, 9.17) is 9.84 Å². The van der Waals surface area contributed by atoms with E-state index < -0.39 is 12.1 Å². The van der Waals surface area contributed by atoms with Gasteiger partial charge in [-0.05, 0) is 37.1 Å². The van der Waals surface area contributed by atoms with Crippen LogP contribution < -0.4 is 0 Å². The molecule has 0 fully saturated rings. The number of carboxylic acids is 1. The molecule has 0 aliphatic carbocycles. The van der Waals surface area contributed by atoms with Crippen LogP contribution in [0.4, 0.5) is 0 Å². The van der Waals surface area contributed by atoms with Gasteiger partial charge in [-0.3, -0.25) is 4.79 Å². The summed E-state index contributed by atoms with van der Waals surface area (Å²) in [4.78, 5) is 28.5. The molecular formula is C28H26N2O4. The fraction of sp³-hybridized carbons (Fsp3) is 0.179. The minimum atomic E-state index is -0.977. The number of benzene rings is 2. The van der Waals surface area contributed by atoms with Gasteiger partial charge in [-0.1, -0.05) is 66.2 Å². The number of aryl methyl sites for hydroxylation is 1. The SMILES string of the molecule is Cc1ccc(C(=O)c2cn(CC=Cc3ccc(CO[C@@H](C)C(=O)O)cc3)c3ncccc23)cc1. The smallest absolute Gasteiger partial charge is 0.332 e. The number of ether oxygens (including phenoxy) is 1. The molecule has 0 amide bonds. The van der Waals surface area contributed by atoms with Gasteiger partial charge >= 0.3 is 5.97 Å². The molecule has 0 aliphatic heterocycles. The van der Waals surface area contributed by atoms with Gasteiger partial charge in [0, 0.05) is 35.5 Å². The van der Waals surface area contributed by atoms with Gasteiger partial charge in [0.05, 0.1) is 6.61 Å². The number of aliphatic carboxylic acids is 1. The normalized spacial score (nSPS) is 12.3. The van der Waals surface area contributed by atoms with Gasteiger partial charge < -0.3 is 14.4 Å². The molecule has 0 radical (unpaired) electrons. The van der Waals surface area contributed by atoms with E-state index in [2.05, 4.69) is 4.98 Å². The van der Waals surface area contributed by atoms with E-state index in [0.717, 1.165) is 27.7 Å². The van der Waals surface area contributed by atoms with E-state index >= 15 is 0 Å². The lowest BCUT2D eigenvalue weighted by molar-refractivity contribution is -0.149. The lowest BCUT2D eigenvalue weighted by Crippen LogP contribution is -2.19. The zero-order valence-corrected chi connectivity index (χ0v) is 19.1. The standard InChI is InChI=1S/C28H26N2O4/c1-19-7-13-23(14-8-19)26(31)25-17-30(27-24(25)6-3-15-29-27)16-4-5-21-9-11-22(12-10-21)18-34-20(2)28(32)33/h3-15,17,20H,16,18H2,1-2H3,(H,32,33)/t20-/m0/s1. The maximum atomic E-state index is 13.1. The molecule has 34 heavy (non-hydrogen) atoms. The van der Waals surface area contributed by atoms with Gasteiger partial charge in [0.2, 0.25) is 0 Å². The summed E-state index contributed by atoms with van der Waals surface area (Å²) in [5.74, 6) is -0.994. The van der Waals surface area contributed by atoms with Crippen LogP contribution in [0.2, 0.25) is 0 Å². The van der Waals surface area contributed by atoms with Gasteiger partial charge in [-0.15, -0.1) is 0 Å². The quantitative estimate of drug-likeness (QED) is 0.348. The first-order valence-electron chi connectivity index (χ1n) is 11.1. The van der Waals surface area contributed by atoms with Crippen molar-refractivity contribution in [2.45, 2.75) is 33.1 Å². The highest BCUT2D eigenvalue weighted by Crippen LogP contribution is 2.23. The van der Waals surface area contributed by atoms with E-state index in [0.29, 0.717) is 17.7 Å². The van der Waals surface area contributed by atoms with Crippen LogP contribution in [0.3, 0.4) is 0 Å². The van der Waals surface area contributed by atoms with Crippen LogP contribution in [0, 0.1) is 6.92 Å². The zero-order valence-electron chi connectivity index (χ0n) is 19.1. The predicted octanol–water partition coefficient (Wildman–Crippen LogP) is 5.28. The molecule has 2 heterocycles. The molecule has 0 spiro atoms. The predicted molar refractivity (Wildman–Crippen MR) is 132 cm³/mol. The summed E-state index contributed by atoms with van der Waals surface area (Å²) in [5, 5.41) is 9.74. The number of carbonyl (C=O) groups is 2. The number of hydrogen-bond acceptors (Lipinski definition) is 4. The number of allylic oxidation sites excluding steroid dienone is 1. The molecule has 4 aromatic rings. The zero-order chi connectivity index (χ0) is 24.1. The first-order valence-corrected chi connectivity index (χ1v) is 11.1. The van der Waals surface area contributed by atoms with E-state index in [1.54, 1.807) is 6.20 Å². The molecule has 0 saturated carbocycles. The van der Waals surface area contributed by atoms with Crippen molar-refractivity contribution < 1.29 is 19.4 Å². The molecule has 172 valence electrons. The van der Waals surface area contributed by atoms with E-state index in [1.165, 1.54) is 6.92 Å². The molecule has 6 heteroatoms. The maximum Gasteiger partial charge on any atom is 0.332 e. The van der Waals surface area contributed by atoms with E-state index in [-0.39, 0.29) is 12.4 Å². The number of ketones is 1. The van der Waals surface area contributed by atoms with Crippen LogP contribution in [-0.2, 0) is 22.7 Å². The summed E-state index contributed by atoms with van der Waals surface area (Å²) in [5.41, 5.74) is 5.09. The van der Waals surface area contributed by atoms with Crippen LogP contribution in [0.25, 0.3) is 17.1 Å². The van der Waals surface area contributed by atoms with Crippen LogP contribution in [0.15, 0.2) is 79.1 Å². The summed E-state index contributed by atoms with van der Waals surface area (Å²) < 4.78 is 7.29. The first-order chi connectivity index (χ1) is 16.4. The number of carbonyl (C=O) groups excluding carboxylic acids is 1. The molecule has 4 rings (SSSR count). The molecule has 0 aliphatic rings. The lowest BCUT2D eigenvalue weighted by Gasteiger charge is -2.08. The first kappa shape index (κ1) is 23.1. The van der Waals surface area contributed by atoms with Crippen LogP contribution >= 0.6 is 0 Å². The van der Waals surface area contributed by atoms with Crippen molar-refractivity contribution in [3.05, 3.63) is 107 Å². The van der Waals surface area contributed by atoms with E-state index in [9.17, 15) is 9.59 Å². The van der Waals surface area contributed by atoms with Crippen LogP contribution in [0.5, 0.6) is 0 Å². The average molecular weight is 455 g/mol.